The average Bonchev–Trinajstić information content (AvgIpc) is 2.75. The molecule has 0 aliphatic carbocycles. The maximum Gasteiger partial charge on any atom is 0.230 e. The van der Waals surface area contributed by atoms with Crippen LogP contribution in [0.2, 0.25) is 0 Å². The van der Waals surface area contributed by atoms with Crippen LogP contribution in [0.15, 0.2) is 91.0 Å². The zero-order valence-electron chi connectivity index (χ0n) is 15.3. The predicted molar refractivity (Wildman–Crippen MR) is 121 cm³/mol. The molecule has 0 spiro atoms. The number of benzene rings is 3. The van der Waals surface area contributed by atoms with Crippen LogP contribution in [-0.4, -0.2) is 11.8 Å². The number of hydrogen-bond donors (Lipinski definition) is 2. The van der Waals surface area contributed by atoms with Crippen LogP contribution in [0.4, 0.5) is 0 Å². The van der Waals surface area contributed by atoms with E-state index in [-0.39, 0.29) is 18.7 Å². The maximum atomic E-state index is 10.4. The van der Waals surface area contributed by atoms with Gasteiger partial charge in [-0.05, 0) is 23.8 Å². The van der Waals surface area contributed by atoms with Gasteiger partial charge in [0.25, 0.3) is 0 Å². The quantitative estimate of drug-likeness (QED) is 0.441. The summed E-state index contributed by atoms with van der Waals surface area (Å²) in [4.78, 5) is 20.4. The van der Waals surface area contributed by atoms with Gasteiger partial charge in [-0.2, -0.15) is 0 Å². The fourth-order valence-electron chi connectivity index (χ4n) is 2.46. The van der Waals surface area contributed by atoms with Gasteiger partial charge in [-0.25, -0.2) is 0 Å². The molecular formula is C22H22BrN2O2P. The number of nitrogens with two attached hydrogens (primary N) is 1. The summed E-state index contributed by atoms with van der Waals surface area (Å²) in [6, 6.07) is 32.3. The van der Waals surface area contributed by atoms with Crippen LogP contribution >= 0.6 is 24.1 Å². The number of nitrogens with one attached hydrogen (secondary N) is 1. The molecule has 0 saturated carbocycles. The molecule has 3 aromatic carbocycles. The molecule has 3 rings (SSSR count). The van der Waals surface area contributed by atoms with Crippen molar-refractivity contribution >= 4 is 51.8 Å². The lowest BCUT2D eigenvalue weighted by Crippen LogP contribution is -2.20. The minimum atomic E-state index is -0.467. The molecular weight excluding hydrogens is 435 g/mol. The summed E-state index contributed by atoms with van der Waals surface area (Å²) in [6.07, 6.45) is 0.234. The first-order valence-electron chi connectivity index (χ1n) is 8.75. The number of rotatable bonds is 6. The van der Waals surface area contributed by atoms with E-state index in [0.29, 0.717) is 0 Å². The van der Waals surface area contributed by atoms with Gasteiger partial charge in [-0.3, -0.25) is 13.9 Å². The summed E-state index contributed by atoms with van der Waals surface area (Å²) in [7, 11) is -0.446. The average molecular weight is 457 g/mol. The van der Waals surface area contributed by atoms with Gasteiger partial charge in [0.2, 0.25) is 11.8 Å². The molecule has 0 saturated heterocycles. The molecule has 3 N–H and O–H groups in total. The summed E-state index contributed by atoms with van der Waals surface area (Å²) in [5, 5.41) is 4.19. The summed E-state index contributed by atoms with van der Waals surface area (Å²) < 4.78 is 2.19. The summed E-state index contributed by atoms with van der Waals surface area (Å²) in [5.41, 5.74) is 4.76. The molecule has 0 atom stereocenters. The van der Waals surface area contributed by atoms with Gasteiger partial charge >= 0.3 is 0 Å². The van der Waals surface area contributed by atoms with E-state index in [0.717, 1.165) is 0 Å². The van der Waals surface area contributed by atoms with Crippen LogP contribution in [0, 0.1) is 0 Å². The zero-order chi connectivity index (χ0) is 20.2. The van der Waals surface area contributed by atoms with Crippen molar-refractivity contribution in [3.8, 4) is 0 Å². The molecule has 0 bridgehead atoms. The molecule has 0 fully saturated rings. The highest BCUT2D eigenvalue weighted by Crippen LogP contribution is 2.32. The van der Waals surface area contributed by atoms with Gasteiger partial charge in [-0.15, -0.1) is 0 Å². The van der Waals surface area contributed by atoms with E-state index in [1.54, 1.807) is 0 Å². The summed E-state index contributed by atoms with van der Waals surface area (Å²) in [5.74, 6) is -0.708. The third-order valence-corrected chi connectivity index (χ3v) is 6.63. The molecule has 3 aromatic rings. The van der Waals surface area contributed by atoms with Crippen LogP contribution in [0.3, 0.4) is 0 Å². The molecule has 0 aliphatic rings. The third kappa shape index (κ3) is 7.26. The van der Waals surface area contributed by atoms with Crippen LogP contribution in [0.25, 0.3) is 0 Å². The number of carbonyl (C=O) groups excluding carboxylic acids is 2. The Morgan fingerprint density at radius 2 is 1.07 bits per heavy atom. The van der Waals surface area contributed by atoms with Crippen molar-refractivity contribution in [3.63, 3.8) is 0 Å². The van der Waals surface area contributed by atoms with Gasteiger partial charge in [0, 0.05) is 29.0 Å². The van der Waals surface area contributed by atoms with Crippen LogP contribution < -0.4 is 26.0 Å². The number of hydrogen-bond acceptors (Lipinski definition) is 2. The molecule has 0 radical (unpaired) electrons. The monoisotopic (exact) mass is 456 g/mol. The van der Waals surface area contributed by atoms with Crippen molar-refractivity contribution in [3.05, 3.63) is 91.0 Å². The molecule has 0 aromatic heterocycles. The Morgan fingerprint density at radius 1 is 0.714 bits per heavy atom. The summed E-state index contributed by atoms with van der Waals surface area (Å²) in [6.45, 7) is 0. The molecule has 6 heteroatoms. The van der Waals surface area contributed by atoms with Gasteiger partial charge in [0.1, 0.15) is 0 Å². The Morgan fingerprint density at radius 3 is 1.36 bits per heavy atom. The van der Waals surface area contributed by atoms with E-state index < -0.39 is 13.8 Å². The molecule has 0 heterocycles. The first-order chi connectivity index (χ1) is 13.6. The van der Waals surface area contributed by atoms with Crippen LogP contribution in [0.1, 0.15) is 12.8 Å². The van der Waals surface area contributed by atoms with Gasteiger partial charge in [-0.1, -0.05) is 91.0 Å². The number of primary amides is 1. The van der Waals surface area contributed by atoms with Gasteiger partial charge < -0.3 is 5.73 Å². The second-order valence-electron chi connectivity index (χ2n) is 5.83. The molecule has 144 valence electrons. The topological polar surface area (TPSA) is 72.2 Å². The fourth-order valence-corrected chi connectivity index (χ4v) is 4.97. The normalized spacial score (nSPS) is 9.93. The highest BCUT2D eigenvalue weighted by Gasteiger charge is 2.14. The van der Waals surface area contributed by atoms with E-state index >= 15 is 0 Å². The van der Waals surface area contributed by atoms with Crippen LogP contribution in [-0.2, 0) is 9.59 Å². The van der Waals surface area contributed by atoms with Crippen molar-refractivity contribution in [1.29, 1.82) is 0 Å². The standard InChI is InChI=1S/C18H15P.C4H7BrN2O2/c1-4-10-16(11-5-1)19(17-12-6-2-7-13-17)18-14-8-3-9-15-18;5-7-4(9)2-1-3(6)8/h1-15H;1-2H2,(H2,6,8)(H,7,9). The van der Waals surface area contributed by atoms with Crippen molar-refractivity contribution in [2.75, 3.05) is 0 Å². The minimum absolute atomic E-state index is 0.0947. The van der Waals surface area contributed by atoms with Crippen molar-refractivity contribution in [2.45, 2.75) is 12.8 Å². The largest absolute Gasteiger partial charge is 0.370 e. The lowest BCUT2D eigenvalue weighted by atomic mass is 10.3. The van der Waals surface area contributed by atoms with Gasteiger partial charge in [0.05, 0.1) is 0 Å². The Bertz CT molecular complexity index is 768. The van der Waals surface area contributed by atoms with E-state index in [9.17, 15) is 9.59 Å². The molecule has 4 nitrogen and oxygen atoms in total. The lowest BCUT2D eigenvalue weighted by molar-refractivity contribution is -0.123. The Hall–Kier alpha value is -2.49. The first-order valence-corrected chi connectivity index (χ1v) is 10.9. The van der Waals surface area contributed by atoms with E-state index in [2.05, 4.69) is 111 Å². The Kier molecular flexibility index (Phi) is 9.40. The van der Waals surface area contributed by atoms with E-state index in [1.165, 1.54) is 15.9 Å². The third-order valence-electron chi connectivity index (χ3n) is 3.75. The Labute approximate surface area is 175 Å². The lowest BCUT2D eigenvalue weighted by Gasteiger charge is -2.18. The van der Waals surface area contributed by atoms with Crippen molar-refractivity contribution in [2.24, 2.45) is 5.73 Å². The van der Waals surface area contributed by atoms with Crippen molar-refractivity contribution in [1.82, 2.24) is 4.34 Å². The molecule has 28 heavy (non-hydrogen) atoms. The second-order valence-corrected chi connectivity index (χ2v) is 8.44. The van der Waals surface area contributed by atoms with Gasteiger partial charge in [0.15, 0.2) is 0 Å². The number of amides is 2. The van der Waals surface area contributed by atoms with Crippen LogP contribution in [0.5, 0.6) is 0 Å². The number of carbonyl (C=O) groups is 2. The summed E-state index contributed by atoms with van der Waals surface area (Å²) >= 11 is 2.71. The first kappa shape index (κ1) is 21.8. The Balaban J connectivity index is 0.000000266. The molecule has 0 aliphatic heterocycles. The minimum Gasteiger partial charge on any atom is -0.370 e. The zero-order valence-corrected chi connectivity index (χ0v) is 17.8. The fraction of sp³-hybridized carbons (Fsp3) is 0.0909. The predicted octanol–water partition coefficient (Wildman–Crippen LogP) is 3.12. The highest BCUT2D eigenvalue weighted by atomic mass is 79.9. The van der Waals surface area contributed by atoms with E-state index in [1.807, 2.05) is 0 Å². The van der Waals surface area contributed by atoms with E-state index in [4.69, 9.17) is 5.73 Å². The smallest absolute Gasteiger partial charge is 0.230 e. The molecule has 0 unspecified atom stereocenters. The second kappa shape index (κ2) is 12.1. The number of halogens is 1. The molecule has 2 amide bonds. The maximum absolute atomic E-state index is 10.4. The SMILES string of the molecule is NC(=O)CCC(=O)NBr.c1ccc(P(c2ccccc2)c2ccccc2)cc1. The highest BCUT2D eigenvalue weighted by molar-refractivity contribution is 9.08. The van der Waals surface area contributed by atoms with Crippen molar-refractivity contribution < 1.29 is 9.59 Å².